The summed E-state index contributed by atoms with van der Waals surface area (Å²) in [7, 11) is 0. The first kappa shape index (κ1) is 13.5. The molecule has 1 aliphatic heterocycles. The first-order chi connectivity index (χ1) is 8.35. The fourth-order valence-corrected chi connectivity index (χ4v) is 2.89. The number of rotatable bonds is 2. The van der Waals surface area contributed by atoms with E-state index >= 15 is 0 Å². The summed E-state index contributed by atoms with van der Waals surface area (Å²) < 4.78 is 29.4. The second-order valence-electron chi connectivity index (χ2n) is 5.41. The zero-order valence-corrected chi connectivity index (χ0v) is 11.5. The molecule has 0 spiro atoms. The molecule has 1 aromatic carbocycles. The van der Waals surface area contributed by atoms with E-state index in [-0.39, 0.29) is 5.56 Å². The van der Waals surface area contributed by atoms with Crippen molar-refractivity contribution in [1.82, 2.24) is 5.32 Å². The molecular formula is C15H21F2N. The lowest BCUT2D eigenvalue weighted by Crippen LogP contribution is -2.39. The fourth-order valence-electron chi connectivity index (χ4n) is 2.89. The van der Waals surface area contributed by atoms with Crippen molar-refractivity contribution < 1.29 is 8.78 Å². The minimum atomic E-state index is -2.78. The summed E-state index contributed by atoms with van der Waals surface area (Å²) in [6.07, 6.45) is 1.39. The molecule has 1 unspecified atom stereocenters. The van der Waals surface area contributed by atoms with Gasteiger partial charge in [0.15, 0.2) is 0 Å². The minimum Gasteiger partial charge on any atom is -0.308 e. The summed E-state index contributed by atoms with van der Waals surface area (Å²) in [6.45, 7) is 8.12. The Morgan fingerprint density at radius 1 is 1.11 bits per heavy atom. The number of nitrogens with one attached hydrogen (secondary N) is 1. The summed E-state index contributed by atoms with van der Waals surface area (Å²) in [4.78, 5) is 0. The van der Waals surface area contributed by atoms with Gasteiger partial charge in [-0.3, -0.25) is 0 Å². The standard InChI is InChI=1S/C15H21F2N/c1-9-8-10(2)12(4)14(11(9)3)15(16,17)13-6-5-7-18-13/h8,13,18H,5-7H2,1-4H3. The van der Waals surface area contributed by atoms with Crippen molar-refractivity contribution in [1.29, 1.82) is 0 Å². The molecule has 3 heteroatoms. The molecule has 18 heavy (non-hydrogen) atoms. The van der Waals surface area contributed by atoms with Gasteiger partial charge in [0.2, 0.25) is 0 Å². The summed E-state index contributed by atoms with van der Waals surface area (Å²) in [5.74, 6) is -2.78. The molecule has 1 saturated heterocycles. The van der Waals surface area contributed by atoms with Crippen molar-refractivity contribution in [3.63, 3.8) is 0 Å². The van der Waals surface area contributed by atoms with Crippen LogP contribution in [0.4, 0.5) is 8.78 Å². The Labute approximate surface area is 108 Å². The molecule has 0 amide bonds. The third-order valence-electron chi connectivity index (χ3n) is 4.20. The van der Waals surface area contributed by atoms with E-state index in [4.69, 9.17) is 0 Å². The van der Waals surface area contributed by atoms with Crippen molar-refractivity contribution in [2.45, 2.75) is 52.5 Å². The molecule has 1 aromatic rings. The van der Waals surface area contributed by atoms with Gasteiger partial charge in [0.1, 0.15) is 0 Å². The number of aryl methyl sites for hydroxylation is 2. The van der Waals surface area contributed by atoms with Crippen molar-refractivity contribution in [3.8, 4) is 0 Å². The highest BCUT2D eigenvalue weighted by molar-refractivity contribution is 5.47. The van der Waals surface area contributed by atoms with Gasteiger partial charge in [-0.1, -0.05) is 6.07 Å². The van der Waals surface area contributed by atoms with Gasteiger partial charge in [0.05, 0.1) is 6.04 Å². The lowest BCUT2D eigenvalue weighted by atomic mass is 9.87. The Balaban J connectivity index is 2.55. The van der Waals surface area contributed by atoms with Crippen LogP contribution in [0.25, 0.3) is 0 Å². The highest BCUT2D eigenvalue weighted by Gasteiger charge is 2.44. The summed E-state index contributed by atoms with van der Waals surface area (Å²) in [5.41, 5.74) is 3.60. The van der Waals surface area contributed by atoms with Crippen LogP contribution in [0.2, 0.25) is 0 Å². The molecule has 1 aliphatic rings. The molecule has 0 aromatic heterocycles. The van der Waals surface area contributed by atoms with Crippen molar-refractivity contribution in [3.05, 3.63) is 33.9 Å². The first-order valence-electron chi connectivity index (χ1n) is 6.54. The van der Waals surface area contributed by atoms with Crippen LogP contribution in [0.3, 0.4) is 0 Å². The van der Waals surface area contributed by atoms with Crippen LogP contribution in [-0.4, -0.2) is 12.6 Å². The highest BCUT2D eigenvalue weighted by Crippen LogP contribution is 2.40. The number of alkyl halides is 2. The SMILES string of the molecule is Cc1cc(C)c(C)c(C(F)(F)C2CCCN2)c1C. The Hall–Kier alpha value is -0.960. The Bertz CT molecular complexity index is 434. The average molecular weight is 253 g/mol. The van der Waals surface area contributed by atoms with Gasteiger partial charge in [0, 0.05) is 5.56 Å². The van der Waals surface area contributed by atoms with E-state index in [0.29, 0.717) is 13.0 Å². The van der Waals surface area contributed by atoms with E-state index in [0.717, 1.165) is 28.7 Å². The van der Waals surface area contributed by atoms with E-state index in [9.17, 15) is 8.78 Å². The number of benzene rings is 1. The third kappa shape index (κ3) is 2.05. The van der Waals surface area contributed by atoms with E-state index in [1.54, 1.807) is 13.8 Å². The van der Waals surface area contributed by atoms with Gasteiger partial charge in [-0.25, -0.2) is 0 Å². The van der Waals surface area contributed by atoms with Crippen LogP contribution in [0, 0.1) is 27.7 Å². The van der Waals surface area contributed by atoms with Crippen LogP contribution < -0.4 is 5.32 Å². The normalized spacial score (nSPS) is 20.4. The average Bonchev–Trinajstić information content (AvgIpc) is 2.80. The largest absolute Gasteiger partial charge is 0.308 e. The highest BCUT2D eigenvalue weighted by atomic mass is 19.3. The summed E-state index contributed by atoms with van der Waals surface area (Å²) >= 11 is 0. The third-order valence-corrected chi connectivity index (χ3v) is 4.20. The zero-order valence-electron chi connectivity index (χ0n) is 11.5. The van der Waals surface area contributed by atoms with Gasteiger partial charge in [-0.15, -0.1) is 0 Å². The first-order valence-corrected chi connectivity index (χ1v) is 6.54. The van der Waals surface area contributed by atoms with Crippen LogP contribution in [0.1, 0.15) is 40.7 Å². The fraction of sp³-hybridized carbons (Fsp3) is 0.600. The second-order valence-corrected chi connectivity index (χ2v) is 5.41. The smallest absolute Gasteiger partial charge is 0.288 e. The monoisotopic (exact) mass is 253 g/mol. The van der Waals surface area contributed by atoms with Crippen molar-refractivity contribution in [2.75, 3.05) is 6.54 Å². The summed E-state index contributed by atoms with van der Waals surface area (Å²) in [5, 5.41) is 2.94. The lowest BCUT2D eigenvalue weighted by molar-refractivity contribution is -0.0388. The van der Waals surface area contributed by atoms with E-state index in [1.807, 2.05) is 19.9 Å². The summed E-state index contributed by atoms with van der Waals surface area (Å²) in [6, 6.07) is 1.28. The molecule has 100 valence electrons. The van der Waals surface area contributed by atoms with Crippen LogP contribution in [-0.2, 0) is 5.92 Å². The van der Waals surface area contributed by atoms with E-state index in [2.05, 4.69) is 5.32 Å². The maximum absolute atomic E-state index is 14.7. The minimum absolute atomic E-state index is 0.236. The van der Waals surface area contributed by atoms with Gasteiger partial charge >= 0.3 is 0 Å². The molecule has 0 saturated carbocycles. The maximum Gasteiger partial charge on any atom is 0.288 e. The Kier molecular flexibility index (Phi) is 3.45. The molecule has 0 radical (unpaired) electrons. The Morgan fingerprint density at radius 3 is 2.11 bits per heavy atom. The van der Waals surface area contributed by atoms with Crippen LogP contribution in [0.15, 0.2) is 6.07 Å². The predicted octanol–water partition coefficient (Wildman–Crippen LogP) is 3.76. The quantitative estimate of drug-likeness (QED) is 0.846. The van der Waals surface area contributed by atoms with E-state index in [1.165, 1.54) is 0 Å². The van der Waals surface area contributed by atoms with Gasteiger partial charge < -0.3 is 5.32 Å². The molecule has 2 rings (SSSR count). The number of halogens is 2. The second kappa shape index (κ2) is 4.61. The van der Waals surface area contributed by atoms with Crippen molar-refractivity contribution in [2.24, 2.45) is 0 Å². The molecule has 0 bridgehead atoms. The molecule has 0 aliphatic carbocycles. The molecule has 1 nitrogen and oxygen atoms in total. The number of hydrogen-bond donors (Lipinski definition) is 1. The van der Waals surface area contributed by atoms with Gasteiger partial charge in [-0.2, -0.15) is 8.78 Å². The van der Waals surface area contributed by atoms with Gasteiger partial charge in [0.25, 0.3) is 5.92 Å². The molecule has 1 N–H and O–H groups in total. The Morgan fingerprint density at radius 2 is 1.67 bits per heavy atom. The molecular weight excluding hydrogens is 232 g/mol. The van der Waals surface area contributed by atoms with Crippen LogP contribution in [0.5, 0.6) is 0 Å². The molecule has 1 heterocycles. The van der Waals surface area contributed by atoms with Crippen molar-refractivity contribution >= 4 is 0 Å². The zero-order chi connectivity index (χ0) is 13.5. The lowest BCUT2D eigenvalue weighted by Gasteiger charge is -2.28. The number of hydrogen-bond acceptors (Lipinski definition) is 1. The predicted molar refractivity (Wildman–Crippen MR) is 70.3 cm³/mol. The molecule has 1 atom stereocenters. The topological polar surface area (TPSA) is 12.0 Å². The van der Waals surface area contributed by atoms with E-state index < -0.39 is 12.0 Å². The van der Waals surface area contributed by atoms with Gasteiger partial charge in [-0.05, 0) is 69.3 Å². The maximum atomic E-state index is 14.7. The molecule has 1 fully saturated rings. The van der Waals surface area contributed by atoms with Crippen LogP contribution >= 0.6 is 0 Å².